The Morgan fingerprint density at radius 1 is 1.11 bits per heavy atom. The average Bonchev–Trinajstić information content (AvgIpc) is 2.45. The molecule has 0 radical (unpaired) electrons. The predicted molar refractivity (Wildman–Crippen MR) is 83.2 cm³/mol. The normalized spacial score (nSPS) is 14.3. The van der Waals surface area contributed by atoms with Gasteiger partial charge in [-0.25, -0.2) is 0 Å². The maximum atomic E-state index is 6.51. The summed E-state index contributed by atoms with van der Waals surface area (Å²) in [7, 11) is 1.69. The van der Waals surface area contributed by atoms with E-state index in [-0.39, 0.29) is 5.38 Å². The van der Waals surface area contributed by atoms with Crippen molar-refractivity contribution < 1.29 is 4.74 Å². The molecule has 2 aromatic rings. The minimum atomic E-state index is 0.0986. The highest BCUT2D eigenvalue weighted by molar-refractivity contribution is 6.21. The quantitative estimate of drug-likeness (QED) is 0.649. The van der Waals surface area contributed by atoms with Crippen LogP contribution in [0.1, 0.15) is 37.6 Å². The second kappa shape index (κ2) is 6.29. The second-order valence-corrected chi connectivity index (χ2v) is 5.72. The van der Waals surface area contributed by atoms with Crippen molar-refractivity contribution in [1.29, 1.82) is 0 Å². The zero-order valence-corrected chi connectivity index (χ0v) is 12.6. The van der Waals surface area contributed by atoms with Gasteiger partial charge in [-0.05, 0) is 46.9 Å². The number of benzene rings is 2. The van der Waals surface area contributed by atoms with E-state index in [1.807, 2.05) is 6.07 Å². The number of rotatable bonds is 5. The first-order valence-electron chi connectivity index (χ1n) is 6.85. The smallest absolute Gasteiger partial charge is 0.119 e. The molecule has 0 bridgehead atoms. The highest BCUT2D eigenvalue weighted by Gasteiger charge is 2.12. The summed E-state index contributed by atoms with van der Waals surface area (Å²) in [4.78, 5) is 0. The summed E-state index contributed by atoms with van der Waals surface area (Å²) in [6, 6.07) is 12.6. The first kappa shape index (κ1) is 14.2. The molecule has 0 saturated heterocycles. The van der Waals surface area contributed by atoms with Crippen molar-refractivity contribution in [2.75, 3.05) is 7.11 Å². The molecule has 0 amide bonds. The highest BCUT2D eigenvalue weighted by Crippen LogP contribution is 2.31. The highest BCUT2D eigenvalue weighted by atomic mass is 35.5. The van der Waals surface area contributed by atoms with Crippen LogP contribution in [0.5, 0.6) is 5.75 Å². The number of ether oxygens (including phenoxy) is 1. The van der Waals surface area contributed by atoms with E-state index in [1.165, 1.54) is 22.8 Å². The Morgan fingerprint density at radius 3 is 2.47 bits per heavy atom. The summed E-state index contributed by atoms with van der Waals surface area (Å²) in [5.74, 6) is 1.55. The Hall–Kier alpha value is -1.21. The molecule has 0 fully saturated rings. The molecule has 0 aromatic heterocycles. The van der Waals surface area contributed by atoms with Crippen molar-refractivity contribution in [1.82, 2.24) is 0 Å². The van der Waals surface area contributed by atoms with Crippen LogP contribution in [0.15, 0.2) is 36.4 Å². The first-order chi connectivity index (χ1) is 9.13. The number of alkyl halides is 1. The van der Waals surface area contributed by atoms with E-state index in [0.29, 0.717) is 5.92 Å². The van der Waals surface area contributed by atoms with Gasteiger partial charge >= 0.3 is 0 Å². The SMILES string of the molecule is CCC(C)CC(Cl)c1ccc2cc(OC)ccc2c1. The summed E-state index contributed by atoms with van der Waals surface area (Å²) < 4.78 is 5.24. The van der Waals surface area contributed by atoms with Crippen LogP contribution in [-0.2, 0) is 0 Å². The molecule has 2 unspecified atom stereocenters. The molecule has 2 rings (SSSR count). The molecule has 2 aromatic carbocycles. The van der Waals surface area contributed by atoms with Crippen molar-refractivity contribution in [2.24, 2.45) is 5.92 Å². The summed E-state index contributed by atoms with van der Waals surface area (Å²) in [5.41, 5.74) is 1.21. The zero-order chi connectivity index (χ0) is 13.8. The number of halogens is 1. The molecule has 2 atom stereocenters. The van der Waals surface area contributed by atoms with Crippen LogP contribution in [0, 0.1) is 5.92 Å². The van der Waals surface area contributed by atoms with Gasteiger partial charge in [0.1, 0.15) is 5.75 Å². The van der Waals surface area contributed by atoms with Crippen molar-refractivity contribution in [3.63, 3.8) is 0 Å². The third kappa shape index (κ3) is 3.42. The molecular formula is C17H21ClO. The van der Waals surface area contributed by atoms with Crippen LogP contribution in [0.25, 0.3) is 10.8 Å². The Bertz CT molecular complexity index is 550. The van der Waals surface area contributed by atoms with E-state index in [2.05, 4.69) is 44.2 Å². The number of methoxy groups -OCH3 is 1. The molecular weight excluding hydrogens is 256 g/mol. The van der Waals surface area contributed by atoms with Crippen molar-refractivity contribution in [3.8, 4) is 5.75 Å². The Labute approximate surface area is 120 Å². The van der Waals surface area contributed by atoms with Gasteiger partial charge in [0.25, 0.3) is 0 Å². The molecule has 0 spiro atoms. The van der Waals surface area contributed by atoms with Crippen molar-refractivity contribution in [2.45, 2.75) is 32.1 Å². The topological polar surface area (TPSA) is 9.23 Å². The molecule has 0 aliphatic heterocycles. The summed E-state index contributed by atoms with van der Waals surface area (Å²) in [6.45, 7) is 4.46. The fraction of sp³-hybridized carbons (Fsp3) is 0.412. The molecule has 19 heavy (non-hydrogen) atoms. The molecule has 0 heterocycles. The summed E-state index contributed by atoms with van der Waals surface area (Å²) in [6.07, 6.45) is 2.20. The van der Waals surface area contributed by atoms with Crippen molar-refractivity contribution >= 4 is 22.4 Å². The van der Waals surface area contributed by atoms with Crippen LogP contribution in [-0.4, -0.2) is 7.11 Å². The third-order valence-corrected chi connectivity index (χ3v) is 4.17. The van der Waals surface area contributed by atoms with Crippen LogP contribution in [0.2, 0.25) is 0 Å². The minimum Gasteiger partial charge on any atom is -0.497 e. The lowest BCUT2D eigenvalue weighted by atomic mass is 9.97. The van der Waals surface area contributed by atoms with E-state index in [0.717, 1.165) is 12.2 Å². The van der Waals surface area contributed by atoms with Crippen LogP contribution < -0.4 is 4.74 Å². The van der Waals surface area contributed by atoms with Crippen molar-refractivity contribution in [3.05, 3.63) is 42.0 Å². The summed E-state index contributed by atoms with van der Waals surface area (Å²) in [5, 5.41) is 2.50. The Kier molecular flexibility index (Phi) is 4.71. The summed E-state index contributed by atoms with van der Waals surface area (Å²) >= 11 is 6.51. The Morgan fingerprint density at radius 2 is 1.79 bits per heavy atom. The monoisotopic (exact) mass is 276 g/mol. The fourth-order valence-corrected chi connectivity index (χ4v) is 2.66. The molecule has 0 saturated carbocycles. The molecule has 0 aliphatic carbocycles. The van der Waals surface area contributed by atoms with Gasteiger partial charge in [-0.3, -0.25) is 0 Å². The zero-order valence-electron chi connectivity index (χ0n) is 11.8. The maximum absolute atomic E-state index is 6.51. The molecule has 0 N–H and O–H groups in total. The molecule has 102 valence electrons. The van der Waals surface area contributed by atoms with Gasteiger partial charge in [0.05, 0.1) is 12.5 Å². The van der Waals surface area contributed by atoms with Gasteiger partial charge in [-0.15, -0.1) is 11.6 Å². The first-order valence-corrected chi connectivity index (χ1v) is 7.29. The lowest BCUT2D eigenvalue weighted by Crippen LogP contribution is -1.99. The van der Waals surface area contributed by atoms with E-state index >= 15 is 0 Å². The van der Waals surface area contributed by atoms with Gasteiger partial charge in [0.15, 0.2) is 0 Å². The lowest BCUT2D eigenvalue weighted by molar-refractivity contribution is 0.415. The molecule has 0 aliphatic rings. The van der Waals surface area contributed by atoms with E-state index in [1.54, 1.807) is 7.11 Å². The third-order valence-electron chi connectivity index (χ3n) is 3.74. The van der Waals surface area contributed by atoms with Gasteiger partial charge in [-0.2, -0.15) is 0 Å². The predicted octanol–water partition coefficient (Wildman–Crippen LogP) is 5.56. The van der Waals surface area contributed by atoms with Gasteiger partial charge in [0, 0.05) is 0 Å². The maximum Gasteiger partial charge on any atom is 0.119 e. The van der Waals surface area contributed by atoms with Gasteiger partial charge in [0.2, 0.25) is 0 Å². The number of fused-ring (bicyclic) bond motifs is 1. The lowest BCUT2D eigenvalue weighted by Gasteiger charge is -2.15. The van der Waals surface area contributed by atoms with E-state index in [4.69, 9.17) is 16.3 Å². The second-order valence-electron chi connectivity index (χ2n) is 5.19. The fourth-order valence-electron chi connectivity index (χ4n) is 2.22. The average molecular weight is 277 g/mol. The van der Waals surface area contributed by atoms with Crippen LogP contribution >= 0.6 is 11.6 Å². The molecule has 1 nitrogen and oxygen atoms in total. The van der Waals surface area contributed by atoms with Gasteiger partial charge in [-0.1, -0.05) is 38.5 Å². The van der Waals surface area contributed by atoms with Gasteiger partial charge < -0.3 is 4.74 Å². The number of hydrogen-bond acceptors (Lipinski definition) is 1. The number of hydrogen-bond donors (Lipinski definition) is 0. The van der Waals surface area contributed by atoms with E-state index in [9.17, 15) is 0 Å². The van der Waals surface area contributed by atoms with Crippen LogP contribution in [0.4, 0.5) is 0 Å². The minimum absolute atomic E-state index is 0.0986. The van der Waals surface area contributed by atoms with Crippen LogP contribution in [0.3, 0.4) is 0 Å². The largest absolute Gasteiger partial charge is 0.497 e. The molecule has 2 heteroatoms. The standard InChI is InChI=1S/C17H21ClO/c1-4-12(2)9-17(18)15-6-5-14-11-16(19-3)8-7-13(14)10-15/h5-8,10-12,17H,4,9H2,1-3H3. The van der Waals surface area contributed by atoms with E-state index < -0.39 is 0 Å². The Balaban J connectivity index is 2.26.